The highest BCUT2D eigenvalue weighted by Crippen LogP contribution is 2.21. The van der Waals surface area contributed by atoms with Gasteiger partial charge < -0.3 is 0 Å². The second kappa shape index (κ2) is 11.6. The fourth-order valence-electron chi connectivity index (χ4n) is 3.99. The van der Waals surface area contributed by atoms with Crippen molar-refractivity contribution in [2.75, 3.05) is 0 Å². The van der Waals surface area contributed by atoms with Crippen LogP contribution in [0.1, 0.15) is 71.1 Å². The number of para-hydroxylation sites is 3. The van der Waals surface area contributed by atoms with E-state index >= 15 is 0 Å². The van der Waals surface area contributed by atoms with Gasteiger partial charge in [0.05, 0.1) is 29.1 Å². The summed E-state index contributed by atoms with van der Waals surface area (Å²) in [5, 5.41) is 0. The molecule has 0 amide bonds. The second-order valence-corrected chi connectivity index (χ2v) is 8.73. The summed E-state index contributed by atoms with van der Waals surface area (Å²) in [5.74, 6) is 0. The topological polar surface area (TPSA) is 8.81 Å². The van der Waals surface area contributed by atoms with Gasteiger partial charge in [-0.2, -0.15) is 4.57 Å². The number of imidazole rings is 1. The molecule has 28 heavy (non-hydrogen) atoms. The third-order valence-corrected chi connectivity index (χ3v) is 6.64. The van der Waals surface area contributed by atoms with E-state index in [0.717, 1.165) is 6.54 Å². The highest BCUT2D eigenvalue weighted by molar-refractivity contribution is 14.1. The highest BCUT2D eigenvalue weighted by atomic mass is 127. The summed E-state index contributed by atoms with van der Waals surface area (Å²) in [6.07, 6.45) is 13.8. The van der Waals surface area contributed by atoms with Crippen molar-refractivity contribution < 1.29 is 4.57 Å². The van der Waals surface area contributed by atoms with Crippen molar-refractivity contribution in [3.63, 3.8) is 0 Å². The molecule has 2 aromatic carbocycles. The third-order valence-electron chi connectivity index (χ3n) is 5.57. The van der Waals surface area contributed by atoms with Crippen LogP contribution in [0, 0.1) is 3.83 Å². The van der Waals surface area contributed by atoms with Crippen LogP contribution in [0.5, 0.6) is 0 Å². The van der Waals surface area contributed by atoms with Gasteiger partial charge in [0.15, 0.2) is 11.0 Å². The summed E-state index contributed by atoms with van der Waals surface area (Å²) < 4.78 is 6.17. The molecule has 0 N–H and O–H groups in total. The number of hydrogen-bond donors (Lipinski definition) is 0. The van der Waals surface area contributed by atoms with Crippen LogP contribution >= 0.6 is 22.6 Å². The normalized spacial score (nSPS) is 11.4. The Morgan fingerprint density at radius 3 is 1.96 bits per heavy atom. The van der Waals surface area contributed by atoms with Crippen LogP contribution in [0.4, 0.5) is 0 Å². The molecule has 0 aliphatic carbocycles. The second-order valence-electron chi connectivity index (χ2n) is 7.76. The van der Waals surface area contributed by atoms with E-state index in [2.05, 4.69) is 93.2 Å². The zero-order valence-electron chi connectivity index (χ0n) is 17.2. The number of nitrogens with zero attached hydrogens (tertiary/aromatic N) is 2. The molecule has 0 bridgehead atoms. The zero-order chi connectivity index (χ0) is 19.6. The van der Waals surface area contributed by atoms with Crippen LogP contribution in [0.3, 0.4) is 0 Å². The number of halogens is 1. The molecule has 0 radical (unpaired) electrons. The lowest BCUT2D eigenvalue weighted by Gasteiger charge is -2.03. The van der Waals surface area contributed by atoms with Gasteiger partial charge in [-0.15, -0.1) is 0 Å². The Hall–Kier alpha value is -1.36. The summed E-state index contributed by atoms with van der Waals surface area (Å²) in [5.41, 5.74) is 3.88. The maximum absolute atomic E-state index is 2.51. The van der Waals surface area contributed by atoms with Gasteiger partial charge in [-0.05, 0) is 37.1 Å². The van der Waals surface area contributed by atoms with E-state index in [1.165, 1.54) is 84.8 Å². The van der Waals surface area contributed by atoms with Crippen molar-refractivity contribution in [3.05, 3.63) is 58.4 Å². The number of benzene rings is 2. The minimum Gasteiger partial charge on any atom is -0.218 e. The molecule has 0 atom stereocenters. The van der Waals surface area contributed by atoms with Crippen LogP contribution in [0.2, 0.25) is 0 Å². The molecule has 0 saturated carbocycles. The molecule has 0 aliphatic rings. The maximum Gasteiger partial charge on any atom is 0.323 e. The predicted molar refractivity (Wildman–Crippen MR) is 128 cm³/mol. The molecule has 1 aromatic heterocycles. The van der Waals surface area contributed by atoms with E-state index in [1.54, 1.807) is 0 Å². The summed E-state index contributed by atoms with van der Waals surface area (Å²) in [4.78, 5) is 0. The Balaban J connectivity index is 1.55. The van der Waals surface area contributed by atoms with Crippen LogP contribution in [0.15, 0.2) is 54.6 Å². The number of hydrogen-bond acceptors (Lipinski definition) is 0. The molecule has 0 unspecified atom stereocenters. The van der Waals surface area contributed by atoms with Gasteiger partial charge in [0.2, 0.25) is 0 Å². The van der Waals surface area contributed by atoms with Gasteiger partial charge in [-0.3, -0.25) is 0 Å². The van der Waals surface area contributed by atoms with Gasteiger partial charge in [-0.25, -0.2) is 4.57 Å². The number of aromatic nitrogens is 2. The third kappa shape index (κ3) is 5.59. The maximum atomic E-state index is 2.51. The van der Waals surface area contributed by atoms with Crippen molar-refractivity contribution in [2.24, 2.45) is 0 Å². The van der Waals surface area contributed by atoms with Crippen molar-refractivity contribution in [1.82, 2.24) is 4.57 Å². The molecule has 3 rings (SSSR count). The lowest BCUT2D eigenvalue weighted by molar-refractivity contribution is -0.685. The van der Waals surface area contributed by atoms with Gasteiger partial charge in [0, 0.05) is 0 Å². The van der Waals surface area contributed by atoms with Gasteiger partial charge in [-0.1, -0.05) is 88.6 Å². The quantitative estimate of drug-likeness (QED) is 0.142. The molecule has 3 heteroatoms. The predicted octanol–water partition coefficient (Wildman–Crippen LogP) is 7.44. The molecule has 0 fully saturated rings. The van der Waals surface area contributed by atoms with E-state index in [1.807, 2.05) is 0 Å². The largest absolute Gasteiger partial charge is 0.323 e. The first-order valence-electron chi connectivity index (χ1n) is 11.1. The first-order valence-corrected chi connectivity index (χ1v) is 12.1. The first-order chi connectivity index (χ1) is 13.8. The van der Waals surface area contributed by atoms with Crippen LogP contribution in [0.25, 0.3) is 16.7 Å². The Kier molecular flexibility index (Phi) is 8.84. The number of unbranched alkanes of at least 4 members (excludes halogenated alkanes) is 9. The van der Waals surface area contributed by atoms with Crippen LogP contribution in [-0.4, -0.2) is 4.57 Å². The minimum absolute atomic E-state index is 1.11. The Labute approximate surface area is 184 Å². The molecule has 0 aliphatic heterocycles. The van der Waals surface area contributed by atoms with E-state index in [4.69, 9.17) is 0 Å². The average molecular weight is 489 g/mol. The molecule has 150 valence electrons. The highest BCUT2D eigenvalue weighted by Gasteiger charge is 2.23. The lowest BCUT2D eigenvalue weighted by atomic mass is 10.1. The number of rotatable bonds is 12. The van der Waals surface area contributed by atoms with E-state index in [9.17, 15) is 0 Å². The Morgan fingerprint density at radius 1 is 0.714 bits per heavy atom. The average Bonchev–Trinajstić information content (AvgIpc) is 3.01. The van der Waals surface area contributed by atoms with Gasteiger partial charge >= 0.3 is 3.83 Å². The van der Waals surface area contributed by atoms with Crippen molar-refractivity contribution in [3.8, 4) is 5.69 Å². The van der Waals surface area contributed by atoms with Crippen LogP contribution in [-0.2, 0) is 6.54 Å². The zero-order valence-corrected chi connectivity index (χ0v) is 19.4. The van der Waals surface area contributed by atoms with Crippen LogP contribution < -0.4 is 4.57 Å². The first kappa shape index (κ1) is 21.4. The van der Waals surface area contributed by atoms with Crippen molar-refractivity contribution in [1.29, 1.82) is 0 Å². The van der Waals surface area contributed by atoms with E-state index in [-0.39, 0.29) is 0 Å². The van der Waals surface area contributed by atoms with E-state index < -0.39 is 0 Å². The summed E-state index contributed by atoms with van der Waals surface area (Å²) >= 11 is 2.51. The Bertz CT molecular complexity index is 838. The fourth-order valence-corrected chi connectivity index (χ4v) is 5.03. The summed E-state index contributed by atoms with van der Waals surface area (Å²) in [6.45, 7) is 3.39. The fraction of sp³-hybridized carbons (Fsp3) is 0.480. The monoisotopic (exact) mass is 489 g/mol. The molecule has 1 heterocycles. The summed E-state index contributed by atoms with van der Waals surface area (Å²) in [6, 6.07) is 19.5. The SMILES string of the molecule is CCCCCCCCCCCC[n+]1c(I)n(-c2ccccc2)c2ccccc21. The molecular weight excluding hydrogens is 455 g/mol. The minimum atomic E-state index is 1.11. The smallest absolute Gasteiger partial charge is 0.218 e. The van der Waals surface area contributed by atoms with E-state index in [0.29, 0.717) is 0 Å². The lowest BCUT2D eigenvalue weighted by Crippen LogP contribution is -2.36. The number of fused-ring (bicyclic) bond motifs is 1. The molecular formula is C25H34IN2+. The molecule has 0 saturated heterocycles. The van der Waals surface area contributed by atoms with Crippen molar-refractivity contribution >= 4 is 33.6 Å². The van der Waals surface area contributed by atoms with Gasteiger partial charge in [0.25, 0.3) is 0 Å². The molecule has 0 spiro atoms. The summed E-state index contributed by atoms with van der Waals surface area (Å²) in [7, 11) is 0. The van der Waals surface area contributed by atoms with Crippen molar-refractivity contribution in [2.45, 2.75) is 77.7 Å². The standard InChI is InChI=1S/C25H34IN2/c1-2-3-4-5-6-7-8-9-10-16-21-27-23-19-14-15-20-24(23)28(25(27)26)22-17-12-11-13-18-22/h11-15,17-20H,2-10,16,21H2,1H3/q+1. The molecule has 3 aromatic rings. The van der Waals surface area contributed by atoms with Gasteiger partial charge in [0.1, 0.15) is 5.69 Å². The molecule has 2 nitrogen and oxygen atoms in total. The number of aryl methyl sites for hydroxylation is 1. The Morgan fingerprint density at radius 2 is 1.29 bits per heavy atom.